The first-order chi connectivity index (χ1) is 5.13. The highest BCUT2D eigenvalue weighted by atomic mass is 16.3. The van der Waals surface area contributed by atoms with Gasteiger partial charge in [0.1, 0.15) is 6.23 Å². The Kier molecular flexibility index (Phi) is 6.18. The fraction of sp³-hybridized carbons (Fsp3) is 0.778. The van der Waals surface area contributed by atoms with Crippen LogP contribution < -0.4 is 5.73 Å². The summed E-state index contributed by atoms with van der Waals surface area (Å²) in [6.45, 7) is 4.29. The van der Waals surface area contributed by atoms with Gasteiger partial charge in [-0.05, 0) is 25.2 Å². The number of hydrogen-bond donors (Lipinski definition) is 2. The van der Waals surface area contributed by atoms with Crippen molar-refractivity contribution in [3.63, 3.8) is 0 Å². The van der Waals surface area contributed by atoms with Crippen molar-refractivity contribution in [3.05, 3.63) is 12.2 Å². The number of aliphatic hydroxyl groups is 1. The second-order valence-electron chi connectivity index (χ2n) is 3.17. The lowest BCUT2D eigenvalue weighted by Crippen LogP contribution is -2.17. The molecule has 0 aromatic carbocycles. The Hall–Kier alpha value is -0.340. The molecule has 0 radical (unpaired) electrons. The number of hydrogen-bond acceptors (Lipinski definition) is 2. The van der Waals surface area contributed by atoms with E-state index in [0.29, 0.717) is 12.3 Å². The Labute approximate surface area is 69.1 Å². The predicted octanol–water partition coefficient (Wildman–Crippen LogP) is 1.65. The van der Waals surface area contributed by atoms with Crippen molar-refractivity contribution in [1.29, 1.82) is 0 Å². The van der Waals surface area contributed by atoms with Crippen molar-refractivity contribution >= 4 is 0 Å². The summed E-state index contributed by atoms with van der Waals surface area (Å²) in [5.41, 5.74) is 5.17. The van der Waals surface area contributed by atoms with E-state index in [1.54, 1.807) is 0 Å². The molecule has 0 heterocycles. The Bertz CT molecular complexity index is 108. The Balaban J connectivity index is 3.14. The van der Waals surface area contributed by atoms with Gasteiger partial charge < -0.3 is 10.8 Å². The third kappa shape index (κ3) is 9.66. The van der Waals surface area contributed by atoms with Gasteiger partial charge in [0.2, 0.25) is 0 Å². The predicted molar refractivity (Wildman–Crippen MR) is 48.0 cm³/mol. The van der Waals surface area contributed by atoms with E-state index in [1.165, 1.54) is 0 Å². The monoisotopic (exact) mass is 157 g/mol. The molecular formula is C9H19NO. The van der Waals surface area contributed by atoms with Gasteiger partial charge in [-0.25, -0.2) is 0 Å². The van der Waals surface area contributed by atoms with Crippen LogP contribution in [0.1, 0.15) is 33.1 Å². The van der Waals surface area contributed by atoms with Crippen molar-refractivity contribution in [2.45, 2.75) is 39.3 Å². The average Bonchev–Trinajstić information content (AvgIpc) is 1.85. The largest absolute Gasteiger partial charge is 0.379 e. The minimum absolute atomic E-state index is 0.623. The van der Waals surface area contributed by atoms with Gasteiger partial charge in [-0.15, -0.1) is 0 Å². The summed E-state index contributed by atoms with van der Waals surface area (Å²) in [4.78, 5) is 0. The Morgan fingerprint density at radius 3 is 2.55 bits per heavy atom. The zero-order chi connectivity index (χ0) is 8.69. The Morgan fingerprint density at radius 2 is 2.09 bits per heavy atom. The summed E-state index contributed by atoms with van der Waals surface area (Å²) in [5, 5.41) is 8.71. The number of aliphatic hydroxyl groups excluding tert-OH is 1. The summed E-state index contributed by atoms with van der Waals surface area (Å²) >= 11 is 0. The molecular weight excluding hydrogens is 138 g/mol. The molecule has 0 fully saturated rings. The van der Waals surface area contributed by atoms with Crippen molar-refractivity contribution in [3.8, 4) is 0 Å². The van der Waals surface area contributed by atoms with Gasteiger partial charge in [0, 0.05) is 0 Å². The summed E-state index contributed by atoms with van der Waals surface area (Å²) in [6, 6.07) is 0. The van der Waals surface area contributed by atoms with Gasteiger partial charge in [0.15, 0.2) is 0 Å². The van der Waals surface area contributed by atoms with E-state index >= 15 is 0 Å². The van der Waals surface area contributed by atoms with E-state index in [2.05, 4.69) is 26.0 Å². The normalized spacial score (nSPS) is 14.6. The third-order valence-corrected chi connectivity index (χ3v) is 1.39. The molecule has 2 nitrogen and oxygen atoms in total. The SMILES string of the molecule is CC(C)C=CCCCC(N)O. The van der Waals surface area contributed by atoms with Gasteiger partial charge in [-0.1, -0.05) is 26.0 Å². The molecule has 1 unspecified atom stereocenters. The molecule has 0 spiro atoms. The van der Waals surface area contributed by atoms with Crippen LogP contribution in [0.4, 0.5) is 0 Å². The van der Waals surface area contributed by atoms with Crippen LogP contribution in [0, 0.1) is 5.92 Å². The molecule has 66 valence electrons. The first-order valence-corrected chi connectivity index (χ1v) is 4.23. The van der Waals surface area contributed by atoms with Gasteiger partial charge in [-0.3, -0.25) is 0 Å². The zero-order valence-corrected chi connectivity index (χ0v) is 7.46. The molecule has 0 saturated carbocycles. The Morgan fingerprint density at radius 1 is 1.45 bits per heavy atom. The van der Waals surface area contributed by atoms with Crippen molar-refractivity contribution < 1.29 is 5.11 Å². The van der Waals surface area contributed by atoms with Gasteiger partial charge in [0.05, 0.1) is 0 Å². The number of rotatable bonds is 5. The molecule has 0 amide bonds. The quantitative estimate of drug-likeness (QED) is 0.362. The molecule has 0 aliphatic carbocycles. The first kappa shape index (κ1) is 10.7. The van der Waals surface area contributed by atoms with E-state index < -0.39 is 6.23 Å². The van der Waals surface area contributed by atoms with E-state index in [9.17, 15) is 0 Å². The van der Waals surface area contributed by atoms with Crippen molar-refractivity contribution in [2.24, 2.45) is 11.7 Å². The standard InChI is InChI=1S/C9H19NO/c1-8(2)6-4-3-5-7-9(10)11/h4,6,8-9,11H,3,5,7,10H2,1-2H3. The van der Waals surface area contributed by atoms with Gasteiger partial charge in [-0.2, -0.15) is 0 Å². The maximum atomic E-state index is 8.71. The van der Waals surface area contributed by atoms with Crippen LogP contribution in [-0.4, -0.2) is 11.3 Å². The summed E-state index contributed by atoms with van der Waals surface area (Å²) in [5.74, 6) is 0.623. The van der Waals surface area contributed by atoms with Gasteiger partial charge >= 0.3 is 0 Å². The molecule has 0 aliphatic rings. The first-order valence-electron chi connectivity index (χ1n) is 4.23. The number of allylic oxidation sites excluding steroid dienone is 2. The number of nitrogens with two attached hydrogens (primary N) is 1. The summed E-state index contributed by atoms with van der Waals surface area (Å²) in [7, 11) is 0. The second-order valence-corrected chi connectivity index (χ2v) is 3.17. The minimum atomic E-state index is -0.637. The van der Waals surface area contributed by atoms with E-state index in [-0.39, 0.29) is 0 Å². The minimum Gasteiger partial charge on any atom is -0.379 e. The van der Waals surface area contributed by atoms with Gasteiger partial charge in [0.25, 0.3) is 0 Å². The van der Waals surface area contributed by atoms with Crippen molar-refractivity contribution in [2.75, 3.05) is 0 Å². The molecule has 1 atom stereocenters. The lowest BCUT2D eigenvalue weighted by molar-refractivity contribution is 0.169. The highest BCUT2D eigenvalue weighted by Crippen LogP contribution is 2.01. The van der Waals surface area contributed by atoms with Crippen LogP contribution in [0.25, 0.3) is 0 Å². The highest BCUT2D eigenvalue weighted by Gasteiger charge is 1.92. The maximum absolute atomic E-state index is 8.71. The fourth-order valence-corrected chi connectivity index (χ4v) is 0.813. The van der Waals surface area contributed by atoms with E-state index in [0.717, 1.165) is 12.8 Å². The summed E-state index contributed by atoms with van der Waals surface area (Å²) < 4.78 is 0. The topological polar surface area (TPSA) is 46.2 Å². The molecule has 0 aromatic heterocycles. The molecule has 0 aliphatic heterocycles. The number of unbranched alkanes of at least 4 members (excludes halogenated alkanes) is 1. The lowest BCUT2D eigenvalue weighted by atomic mass is 10.1. The van der Waals surface area contributed by atoms with Crippen LogP contribution >= 0.6 is 0 Å². The maximum Gasteiger partial charge on any atom is 0.102 e. The van der Waals surface area contributed by atoms with Crippen molar-refractivity contribution in [1.82, 2.24) is 0 Å². The smallest absolute Gasteiger partial charge is 0.102 e. The molecule has 0 bridgehead atoms. The molecule has 3 N–H and O–H groups in total. The van der Waals surface area contributed by atoms with Crippen LogP contribution in [0.5, 0.6) is 0 Å². The van der Waals surface area contributed by atoms with Crippen LogP contribution in [0.15, 0.2) is 12.2 Å². The van der Waals surface area contributed by atoms with Crippen LogP contribution in [0.3, 0.4) is 0 Å². The lowest BCUT2D eigenvalue weighted by Gasteiger charge is -2.00. The van der Waals surface area contributed by atoms with Crippen LogP contribution in [-0.2, 0) is 0 Å². The van der Waals surface area contributed by atoms with Crippen LogP contribution in [0.2, 0.25) is 0 Å². The van der Waals surface area contributed by atoms with E-state index in [1.807, 2.05) is 0 Å². The molecule has 0 saturated heterocycles. The molecule has 0 aromatic rings. The summed E-state index contributed by atoms with van der Waals surface area (Å²) in [6.07, 6.45) is 6.37. The zero-order valence-electron chi connectivity index (χ0n) is 7.46. The average molecular weight is 157 g/mol. The second kappa shape index (κ2) is 6.38. The molecule has 11 heavy (non-hydrogen) atoms. The molecule has 0 rings (SSSR count). The highest BCUT2D eigenvalue weighted by molar-refractivity contribution is 4.84. The third-order valence-electron chi connectivity index (χ3n) is 1.39. The fourth-order valence-electron chi connectivity index (χ4n) is 0.813. The molecule has 2 heteroatoms. The van der Waals surface area contributed by atoms with E-state index in [4.69, 9.17) is 10.8 Å².